The topological polar surface area (TPSA) is 94.6 Å². The second kappa shape index (κ2) is 9.84. The molecule has 3 aromatic carbocycles. The van der Waals surface area contributed by atoms with Crippen molar-refractivity contribution >= 4 is 28.5 Å². The average Bonchev–Trinajstić information content (AvgIpc) is 3.32. The molecule has 4 aromatic rings. The lowest BCUT2D eigenvalue weighted by molar-refractivity contribution is -0.142. The third-order valence-corrected chi connectivity index (χ3v) is 5.41. The van der Waals surface area contributed by atoms with Gasteiger partial charge in [-0.1, -0.05) is 36.4 Å². The third-order valence-electron chi connectivity index (χ3n) is 5.41. The summed E-state index contributed by atoms with van der Waals surface area (Å²) in [6.07, 6.45) is 1.22. The highest BCUT2D eigenvalue weighted by molar-refractivity contribution is 6.09. The Balaban J connectivity index is 1.76. The fourth-order valence-corrected chi connectivity index (χ4v) is 3.77. The molecule has 8 heteroatoms. The minimum absolute atomic E-state index is 0.0211. The van der Waals surface area contributed by atoms with E-state index in [9.17, 15) is 9.59 Å². The zero-order chi connectivity index (χ0) is 24.2. The van der Waals surface area contributed by atoms with Crippen molar-refractivity contribution in [2.45, 2.75) is 19.9 Å². The van der Waals surface area contributed by atoms with Gasteiger partial charge in [0.05, 0.1) is 30.2 Å². The number of nitrogens with two attached hydrogens (primary N) is 1. The van der Waals surface area contributed by atoms with Gasteiger partial charge in [-0.05, 0) is 30.7 Å². The Morgan fingerprint density at radius 3 is 2.53 bits per heavy atom. The largest absolute Gasteiger partial charge is 0.466 e. The Morgan fingerprint density at radius 2 is 1.76 bits per heavy atom. The molecule has 34 heavy (non-hydrogen) atoms. The van der Waals surface area contributed by atoms with Gasteiger partial charge in [0.25, 0.3) is 5.91 Å². The summed E-state index contributed by atoms with van der Waals surface area (Å²) in [7, 11) is 0. The zero-order valence-electron chi connectivity index (χ0n) is 18.4. The smallest absolute Gasteiger partial charge is 0.310 e. The molecule has 0 saturated carbocycles. The molecular weight excluding hydrogens is 442 g/mol. The first-order chi connectivity index (χ1) is 16.4. The van der Waals surface area contributed by atoms with Crippen LogP contribution in [0.3, 0.4) is 0 Å². The summed E-state index contributed by atoms with van der Waals surface area (Å²) in [6, 6.07) is 14.0. The summed E-state index contributed by atoms with van der Waals surface area (Å²) in [5.74, 6) is -2.58. The van der Waals surface area contributed by atoms with E-state index < -0.39 is 23.5 Å². The number of ether oxygens (including phenoxy) is 1. The molecule has 6 nitrogen and oxygen atoms in total. The second-order valence-corrected chi connectivity index (χ2v) is 7.52. The number of anilines is 1. The molecular formula is C26H22F2N2O4. The fourth-order valence-electron chi connectivity index (χ4n) is 3.77. The number of para-hydroxylation sites is 1. The molecule has 0 radical (unpaired) electrons. The van der Waals surface area contributed by atoms with Crippen molar-refractivity contribution in [2.75, 3.05) is 11.9 Å². The third kappa shape index (κ3) is 4.40. The van der Waals surface area contributed by atoms with Gasteiger partial charge in [-0.3, -0.25) is 9.59 Å². The van der Waals surface area contributed by atoms with E-state index >= 15 is 8.78 Å². The molecule has 1 heterocycles. The minimum Gasteiger partial charge on any atom is -0.466 e. The first kappa shape index (κ1) is 23.1. The van der Waals surface area contributed by atoms with Crippen LogP contribution in [0.15, 0.2) is 65.3 Å². The number of hydrogen-bond donors (Lipinski definition) is 2. The van der Waals surface area contributed by atoms with E-state index in [4.69, 9.17) is 14.9 Å². The normalized spacial score (nSPS) is 10.9. The van der Waals surface area contributed by atoms with Crippen LogP contribution in [0, 0.1) is 11.6 Å². The summed E-state index contributed by atoms with van der Waals surface area (Å²) in [5, 5.41) is 2.70. The standard InChI is InChI=1S/C26H22F2N2O4/c1-2-33-22(31)12-15-6-3-4-9-21(15)30-26(32)20-13-19(25-18(24(20)28)10-11-34-25)17-8-5-7-16(14-29)23(17)27/h3-11,13H,2,12,14,29H2,1H3,(H,30,32). The van der Waals surface area contributed by atoms with Crippen molar-refractivity contribution < 1.29 is 27.5 Å². The van der Waals surface area contributed by atoms with E-state index in [1.807, 2.05) is 0 Å². The Hall–Kier alpha value is -4.04. The van der Waals surface area contributed by atoms with E-state index in [0.717, 1.165) is 0 Å². The van der Waals surface area contributed by atoms with Crippen LogP contribution in [0.1, 0.15) is 28.4 Å². The van der Waals surface area contributed by atoms with Crippen molar-refractivity contribution in [1.29, 1.82) is 0 Å². The highest BCUT2D eigenvalue weighted by Crippen LogP contribution is 2.36. The molecule has 0 bridgehead atoms. The summed E-state index contributed by atoms with van der Waals surface area (Å²) in [4.78, 5) is 25.1. The molecule has 1 amide bonds. The Morgan fingerprint density at radius 1 is 1.00 bits per heavy atom. The summed E-state index contributed by atoms with van der Waals surface area (Å²) < 4.78 is 40.8. The van der Waals surface area contributed by atoms with Gasteiger partial charge in [0.15, 0.2) is 0 Å². The van der Waals surface area contributed by atoms with E-state index in [1.165, 1.54) is 24.5 Å². The highest BCUT2D eigenvalue weighted by Gasteiger charge is 2.23. The second-order valence-electron chi connectivity index (χ2n) is 7.52. The zero-order valence-corrected chi connectivity index (χ0v) is 18.4. The molecule has 0 aliphatic heterocycles. The molecule has 0 aliphatic carbocycles. The van der Waals surface area contributed by atoms with Crippen molar-refractivity contribution in [2.24, 2.45) is 5.73 Å². The van der Waals surface area contributed by atoms with Crippen LogP contribution in [-0.2, 0) is 22.5 Å². The van der Waals surface area contributed by atoms with Crippen LogP contribution in [-0.4, -0.2) is 18.5 Å². The lowest BCUT2D eigenvalue weighted by Crippen LogP contribution is -2.17. The van der Waals surface area contributed by atoms with Gasteiger partial charge in [-0.25, -0.2) is 8.78 Å². The Kier molecular flexibility index (Phi) is 6.70. The predicted octanol–water partition coefficient (Wildman–Crippen LogP) is 5.19. The molecule has 3 N–H and O–H groups in total. The number of amides is 1. The van der Waals surface area contributed by atoms with Gasteiger partial charge in [-0.2, -0.15) is 0 Å². The number of benzene rings is 3. The van der Waals surface area contributed by atoms with E-state index in [-0.39, 0.29) is 52.8 Å². The number of esters is 1. The predicted molar refractivity (Wildman–Crippen MR) is 124 cm³/mol. The van der Waals surface area contributed by atoms with Gasteiger partial charge in [0.2, 0.25) is 0 Å². The Labute approximate surface area is 194 Å². The fraction of sp³-hybridized carbons (Fsp3) is 0.154. The number of nitrogens with one attached hydrogen (secondary N) is 1. The molecule has 0 spiro atoms. The van der Waals surface area contributed by atoms with Gasteiger partial charge < -0.3 is 20.2 Å². The van der Waals surface area contributed by atoms with Crippen LogP contribution in [0.4, 0.5) is 14.5 Å². The van der Waals surface area contributed by atoms with Crippen LogP contribution in [0.25, 0.3) is 22.1 Å². The number of carbonyl (C=O) groups excluding carboxylic acids is 2. The van der Waals surface area contributed by atoms with E-state index in [0.29, 0.717) is 11.3 Å². The maximum absolute atomic E-state index is 15.3. The lowest BCUT2D eigenvalue weighted by Gasteiger charge is -2.13. The first-order valence-electron chi connectivity index (χ1n) is 10.7. The summed E-state index contributed by atoms with van der Waals surface area (Å²) in [5.41, 5.74) is 6.93. The monoisotopic (exact) mass is 464 g/mol. The molecule has 0 saturated heterocycles. The maximum Gasteiger partial charge on any atom is 0.310 e. The van der Waals surface area contributed by atoms with Crippen LogP contribution in [0.2, 0.25) is 0 Å². The van der Waals surface area contributed by atoms with Crippen molar-refractivity contribution in [3.05, 3.63) is 89.2 Å². The van der Waals surface area contributed by atoms with E-state index in [1.54, 1.807) is 43.3 Å². The quantitative estimate of drug-likeness (QED) is 0.367. The molecule has 1 aromatic heterocycles. The molecule has 0 unspecified atom stereocenters. The van der Waals surface area contributed by atoms with Crippen LogP contribution >= 0.6 is 0 Å². The highest BCUT2D eigenvalue weighted by atomic mass is 19.1. The maximum atomic E-state index is 15.3. The molecule has 4 rings (SSSR count). The van der Waals surface area contributed by atoms with Crippen molar-refractivity contribution in [3.63, 3.8) is 0 Å². The van der Waals surface area contributed by atoms with Crippen LogP contribution in [0.5, 0.6) is 0 Å². The summed E-state index contributed by atoms with van der Waals surface area (Å²) in [6.45, 7) is 1.91. The number of rotatable bonds is 7. The number of hydrogen-bond acceptors (Lipinski definition) is 5. The average molecular weight is 464 g/mol. The number of furan rings is 1. The van der Waals surface area contributed by atoms with Crippen molar-refractivity contribution in [3.8, 4) is 11.1 Å². The Bertz CT molecular complexity index is 1380. The van der Waals surface area contributed by atoms with E-state index in [2.05, 4.69) is 5.32 Å². The molecule has 0 fully saturated rings. The number of fused-ring (bicyclic) bond motifs is 1. The van der Waals surface area contributed by atoms with Gasteiger partial charge in [0, 0.05) is 28.9 Å². The minimum atomic E-state index is -0.803. The van der Waals surface area contributed by atoms with Gasteiger partial charge >= 0.3 is 5.97 Å². The number of carbonyl (C=O) groups is 2. The molecule has 174 valence electrons. The van der Waals surface area contributed by atoms with Crippen LogP contribution < -0.4 is 11.1 Å². The summed E-state index contributed by atoms with van der Waals surface area (Å²) >= 11 is 0. The molecule has 0 aliphatic rings. The molecule has 0 atom stereocenters. The lowest BCUT2D eigenvalue weighted by atomic mass is 9.97. The SMILES string of the molecule is CCOC(=O)Cc1ccccc1NC(=O)c1cc(-c2cccc(CN)c2F)c2occc2c1F. The van der Waals surface area contributed by atoms with Crippen molar-refractivity contribution in [1.82, 2.24) is 0 Å². The van der Waals surface area contributed by atoms with Gasteiger partial charge in [-0.15, -0.1) is 0 Å². The van der Waals surface area contributed by atoms with Gasteiger partial charge in [0.1, 0.15) is 17.2 Å². The first-order valence-corrected chi connectivity index (χ1v) is 10.7. The number of halogens is 2.